The second kappa shape index (κ2) is 51.1. The Hall–Kier alpha value is -1.32. The van der Waals surface area contributed by atoms with Crippen molar-refractivity contribution in [2.24, 2.45) is 0 Å². The van der Waals surface area contributed by atoms with E-state index in [9.17, 15) is 9.90 Å². The Morgan fingerprint density at radius 3 is 1.30 bits per heavy atom. The van der Waals surface area contributed by atoms with Crippen LogP contribution in [-0.2, 0) is 52.2 Å². The third-order valence-electron chi connectivity index (χ3n) is 8.58. The zero-order valence-corrected chi connectivity index (χ0v) is 44.0. The number of methoxy groups -OCH3 is 2. The number of ether oxygens (including phenoxy) is 10. The van der Waals surface area contributed by atoms with Crippen LogP contribution in [-0.4, -0.2) is 163 Å². The standard InChI is InChI=1S/C9H18O2.C9H16O2.C8H16O2.C7H16O2.C6H11NO.C6H14O2.C5H12O2/c2*1-7(2)11-9-5-3-8(10)4-6-9;1-7(2)10-8-3-5-9-6-4-8;1-7(2)9-6-4-5-8-3;2*1-6(2)8-5-4-7-3;1-5(2)7-4-3-6/h7-10H,3-6H2,1-2H3;7,9H,3-6H2,1-2H3;7-8H,3-6H2,1-2H3;7H,4-6H2,1-3H3;6H,4-5H2,1-2H3;6H,4-5H2,1-3H3;5-6H,3-4H2,1-2H3. The van der Waals surface area contributed by atoms with Gasteiger partial charge in [-0.2, -0.15) is 0 Å². The van der Waals surface area contributed by atoms with E-state index < -0.39 is 0 Å². The number of ketones is 1. The summed E-state index contributed by atoms with van der Waals surface area (Å²) in [5.74, 6) is 0.397. The van der Waals surface area contributed by atoms with Crippen molar-refractivity contribution < 1.29 is 62.4 Å². The van der Waals surface area contributed by atoms with Crippen molar-refractivity contribution in [2.75, 3.05) is 80.2 Å². The van der Waals surface area contributed by atoms with Crippen LogP contribution in [0.25, 0.3) is 4.85 Å². The highest BCUT2D eigenvalue weighted by Gasteiger charge is 2.21. The first-order valence-electron chi connectivity index (χ1n) is 24.4. The zero-order valence-electron chi connectivity index (χ0n) is 44.0. The quantitative estimate of drug-likeness (QED) is 0.0831. The van der Waals surface area contributed by atoms with E-state index >= 15 is 0 Å². The van der Waals surface area contributed by atoms with Crippen molar-refractivity contribution in [3.63, 3.8) is 0 Å². The lowest BCUT2D eigenvalue weighted by Gasteiger charge is -2.26. The molecule has 1 heterocycles. The molecule has 1 aliphatic heterocycles. The molecular formula is C50H103NO13. The van der Waals surface area contributed by atoms with E-state index in [0.29, 0.717) is 87.6 Å². The van der Waals surface area contributed by atoms with Crippen molar-refractivity contribution in [3.05, 3.63) is 11.4 Å². The molecule has 2 N–H and O–H groups in total. The molecule has 2 aliphatic carbocycles. The summed E-state index contributed by atoms with van der Waals surface area (Å²) in [5.41, 5.74) is 0. The minimum absolute atomic E-state index is 0.0676. The first-order chi connectivity index (χ1) is 30.2. The van der Waals surface area contributed by atoms with Gasteiger partial charge in [-0.05, 0) is 155 Å². The average Bonchev–Trinajstić information content (AvgIpc) is 3.22. The number of carbonyl (C=O) groups is 1. The SMILES string of the molecule is CC(C)OC1CCC(=O)CC1.CC(C)OC1CCC(O)CC1.CC(C)OC1CCOCC1.CC(C)OCCO.COCCCOC(C)C.COCCOC(C)C.[C-]#[N+]CCOC(C)C. The molecule has 0 atom stereocenters. The van der Waals surface area contributed by atoms with Crippen LogP contribution in [0.15, 0.2) is 0 Å². The summed E-state index contributed by atoms with van der Waals surface area (Å²) in [5, 5.41) is 17.4. The van der Waals surface area contributed by atoms with E-state index in [2.05, 4.69) is 32.5 Å². The fourth-order valence-corrected chi connectivity index (χ4v) is 5.71. The molecule has 14 nitrogen and oxygen atoms in total. The number of hydrogen-bond acceptors (Lipinski definition) is 13. The Bertz CT molecular complexity index is 952. The lowest BCUT2D eigenvalue weighted by atomic mass is 9.95. The maximum atomic E-state index is 10.8. The van der Waals surface area contributed by atoms with Gasteiger partial charge in [0.15, 0.2) is 0 Å². The van der Waals surface area contributed by atoms with E-state index in [-0.39, 0.29) is 24.9 Å². The van der Waals surface area contributed by atoms with Crippen molar-refractivity contribution in [1.29, 1.82) is 0 Å². The normalized spacial score (nSPS) is 17.8. The van der Waals surface area contributed by atoms with E-state index in [1.807, 2.05) is 69.2 Å². The Morgan fingerprint density at radius 1 is 0.531 bits per heavy atom. The van der Waals surface area contributed by atoms with E-state index in [1.165, 1.54) is 0 Å². The van der Waals surface area contributed by atoms with Crippen molar-refractivity contribution in [1.82, 2.24) is 0 Å². The van der Waals surface area contributed by atoms with Crippen LogP contribution >= 0.6 is 0 Å². The van der Waals surface area contributed by atoms with Crippen molar-refractivity contribution in [2.45, 2.75) is 235 Å². The summed E-state index contributed by atoms with van der Waals surface area (Å²) in [7, 11) is 3.37. The highest BCUT2D eigenvalue weighted by atomic mass is 16.5. The highest BCUT2D eigenvalue weighted by molar-refractivity contribution is 5.79. The van der Waals surface area contributed by atoms with Gasteiger partial charge in [0, 0.05) is 53.5 Å². The van der Waals surface area contributed by atoms with Crippen LogP contribution in [0, 0.1) is 6.57 Å². The van der Waals surface area contributed by atoms with Crippen LogP contribution < -0.4 is 0 Å². The fourth-order valence-electron chi connectivity index (χ4n) is 5.71. The van der Waals surface area contributed by atoms with Gasteiger partial charge in [0.1, 0.15) is 12.4 Å². The van der Waals surface area contributed by atoms with E-state index in [1.54, 1.807) is 14.2 Å². The summed E-state index contributed by atoms with van der Waals surface area (Å²) >= 11 is 0. The Kier molecular flexibility index (Phi) is 55.3. The Balaban J connectivity index is -0.000000330. The summed E-state index contributed by atoms with van der Waals surface area (Å²) in [6, 6.07) is 0. The first kappa shape index (κ1) is 69.3. The zero-order chi connectivity index (χ0) is 49.6. The molecule has 0 aromatic carbocycles. The van der Waals surface area contributed by atoms with Crippen LogP contribution in [0.5, 0.6) is 0 Å². The number of carbonyl (C=O) groups excluding carboxylic acids is 1. The monoisotopic (exact) mass is 926 g/mol. The van der Waals surface area contributed by atoms with Gasteiger partial charge in [-0.15, -0.1) is 0 Å². The maximum Gasteiger partial charge on any atom is 0.237 e. The number of aliphatic hydroxyl groups excluding tert-OH is 2. The van der Waals surface area contributed by atoms with Gasteiger partial charge in [0.25, 0.3) is 0 Å². The predicted octanol–water partition coefficient (Wildman–Crippen LogP) is 9.47. The molecule has 3 aliphatic rings. The van der Waals surface area contributed by atoms with Crippen LogP contribution in [0.3, 0.4) is 0 Å². The number of rotatable bonds is 21. The molecule has 0 aromatic rings. The largest absolute Gasteiger partial charge is 0.394 e. The lowest BCUT2D eigenvalue weighted by Crippen LogP contribution is -2.26. The van der Waals surface area contributed by atoms with Crippen LogP contribution in [0.1, 0.15) is 168 Å². The molecule has 1 saturated heterocycles. The molecule has 0 unspecified atom stereocenters. The Morgan fingerprint density at radius 2 is 0.922 bits per heavy atom. The molecule has 3 rings (SSSR count). The van der Waals surface area contributed by atoms with Gasteiger partial charge in [-0.1, -0.05) is 0 Å². The van der Waals surface area contributed by atoms with E-state index in [4.69, 9.17) is 59.0 Å². The molecule has 0 aromatic heterocycles. The van der Waals surface area contributed by atoms with Gasteiger partial charge < -0.3 is 62.4 Å². The Labute approximate surface area is 393 Å². The molecule has 14 heteroatoms. The predicted molar refractivity (Wildman–Crippen MR) is 259 cm³/mol. The summed E-state index contributed by atoms with van der Waals surface area (Å²) < 4.78 is 52.1. The third kappa shape index (κ3) is 62.8. The molecule has 0 bridgehead atoms. The minimum Gasteiger partial charge on any atom is -0.394 e. The first-order valence-corrected chi connectivity index (χ1v) is 24.4. The third-order valence-corrected chi connectivity index (χ3v) is 8.58. The number of hydrogen-bond donors (Lipinski definition) is 2. The minimum atomic E-state index is -0.0676. The van der Waals surface area contributed by atoms with Crippen molar-refractivity contribution >= 4 is 5.78 Å². The topological polar surface area (TPSA) is 154 Å². The lowest BCUT2D eigenvalue weighted by molar-refractivity contribution is -0.123. The number of aliphatic hydroxyl groups is 2. The second-order valence-corrected chi connectivity index (χ2v) is 17.7. The van der Waals surface area contributed by atoms with Gasteiger partial charge in [-0.3, -0.25) is 4.79 Å². The molecule has 0 spiro atoms. The molecule has 0 amide bonds. The number of Topliss-reactive ketones (excluding diaryl/α,β-unsaturated/α-hetero) is 1. The van der Waals surface area contributed by atoms with Crippen LogP contribution in [0.2, 0.25) is 0 Å². The molecule has 2 saturated carbocycles. The van der Waals surface area contributed by atoms with Crippen molar-refractivity contribution in [3.8, 4) is 0 Å². The summed E-state index contributed by atoms with van der Waals surface area (Å²) in [4.78, 5) is 14.0. The molecule has 64 heavy (non-hydrogen) atoms. The number of nitrogens with zero attached hydrogens (tertiary/aromatic N) is 1. The van der Waals surface area contributed by atoms with Crippen LogP contribution in [0.4, 0.5) is 0 Å². The van der Waals surface area contributed by atoms with E-state index in [0.717, 1.165) is 97.1 Å². The van der Waals surface area contributed by atoms with Gasteiger partial charge >= 0.3 is 0 Å². The smallest absolute Gasteiger partial charge is 0.237 e. The average molecular weight is 926 g/mol. The summed E-state index contributed by atoms with van der Waals surface area (Å²) in [6.07, 6.45) is 13.6. The van der Waals surface area contributed by atoms with Gasteiger partial charge in [-0.25, -0.2) is 6.57 Å². The second-order valence-electron chi connectivity index (χ2n) is 17.7. The summed E-state index contributed by atoms with van der Waals surface area (Å²) in [6.45, 7) is 41.0. The molecule has 3 fully saturated rings. The fraction of sp³-hybridized carbons (Fsp3) is 0.960. The maximum absolute atomic E-state index is 10.8. The highest BCUT2D eigenvalue weighted by Crippen LogP contribution is 2.22. The van der Waals surface area contributed by atoms with Gasteiger partial charge in [0.2, 0.25) is 6.54 Å². The molecule has 386 valence electrons. The van der Waals surface area contributed by atoms with Gasteiger partial charge in [0.05, 0.1) is 93.6 Å². The molecular weight excluding hydrogens is 823 g/mol. The molecule has 0 radical (unpaired) electrons.